The first kappa shape index (κ1) is 23.4. The summed E-state index contributed by atoms with van der Waals surface area (Å²) < 4.78 is 15.9. The summed E-state index contributed by atoms with van der Waals surface area (Å²) in [6.07, 6.45) is 6.87. The topological polar surface area (TPSA) is 154 Å². The van der Waals surface area contributed by atoms with Crippen molar-refractivity contribution in [1.82, 2.24) is 10.2 Å². The number of aliphatic imine (C=N–C) groups is 1. The molecule has 32 heavy (non-hydrogen) atoms. The minimum absolute atomic E-state index is 0.00190. The second kappa shape index (κ2) is 10.9. The van der Waals surface area contributed by atoms with Crippen LogP contribution in [-0.4, -0.2) is 48.2 Å². The summed E-state index contributed by atoms with van der Waals surface area (Å²) >= 11 is 1.06. The van der Waals surface area contributed by atoms with E-state index in [1.165, 1.54) is 19.4 Å². The van der Waals surface area contributed by atoms with Gasteiger partial charge in [0, 0.05) is 18.9 Å². The molecular weight excluding hydrogens is 436 g/mol. The Labute approximate surface area is 188 Å². The van der Waals surface area contributed by atoms with E-state index in [1.807, 2.05) is 0 Å². The number of allylic oxidation sites excluding steroid dienone is 1. The lowest BCUT2D eigenvalue weighted by molar-refractivity contribution is 0.0605. The molecule has 1 amide bonds. The lowest BCUT2D eigenvalue weighted by Crippen LogP contribution is -2.38. The van der Waals surface area contributed by atoms with Crippen LogP contribution in [0.4, 0.5) is 16.0 Å². The average molecular weight is 463 g/mol. The Bertz CT molecular complexity index is 1060. The maximum absolute atomic E-state index is 12.7. The number of nitrogens with two attached hydrogens (primary N) is 1. The van der Waals surface area contributed by atoms with Gasteiger partial charge in [0.25, 0.3) is 5.91 Å². The standard InChI is InChI=1S/C20H26N6O5S/c1-11(8-9-21)22-19-25-26-20(32-19)24-17(27)15-10-13(16(30-3)18(28)31-15)23-12-6-4-5-7-14(12)29-2/h8-10,12,14,23H,4-7,21H2,1-3H3,(H,24,26,27)/t12-,14+/m0/s1. The quantitative estimate of drug-likeness (QED) is 0.502. The predicted molar refractivity (Wildman–Crippen MR) is 122 cm³/mol. The Kier molecular flexibility index (Phi) is 7.95. The summed E-state index contributed by atoms with van der Waals surface area (Å²) in [4.78, 5) is 29.3. The van der Waals surface area contributed by atoms with Crippen LogP contribution >= 0.6 is 11.3 Å². The number of ether oxygens (including phenoxy) is 2. The van der Waals surface area contributed by atoms with Gasteiger partial charge in [-0.1, -0.05) is 24.2 Å². The number of carbonyl (C=O) groups is 1. The van der Waals surface area contributed by atoms with Gasteiger partial charge in [-0.15, -0.1) is 10.2 Å². The maximum atomic E-state index is 12.7. The van der Waals surface area contributed by atoms with Gasteiger partial charge in [-0.3, -0.25) is 10.1 Å². The molecule has 12 heteroatoms. The van der Waals surface area contributed by atoms with Gasteiger partial charge in [0.05, 0.1) is 24.9 Å². The number of anilines is 2. The van der Waals surface area contributed by atoms with Crippen LogP contribution < -0.4 is 26.7 Å². The molecule has 0 aromatic carbocycles. The molecule has 1 aliphatic rings. The van der Waals surface area contributed by atoms with Crippen LogP contribution in [0.5, 0.6) is 5.75 Å². The highest BCUT2D eigenvalue weighted by Crippen LogP contribution is 2.29. The highest BCUT2D eigenvalue weighted by atomic mass is 32.1. The third kappa shape index (κ3) is 5.71. The van der Waals surface area contributed by atoms with Crippen LogP contribution in [0, 0.1) is 0 Å². The van der Waals surface area contributed by atoms with E-state index in [0.29, 0.717) is 16.5 Å². The van der Waals surface area contributed by atoms with Gasteiger partial charge >= 0.3 is 5.63 Å². The second-order valence-corrected chi connectivity index (χ2v) is 8.07. The van der Waals surface area contributed by atoms with Gasteiger partial charge < -0.3 is 24.9 Å². The fourth-order valence-electron chi connectivity index (χ4n) is 3.44. The predicted octanol–water partition coefficient (Wildman–Crippen LogP) is 2.69. The van der Waals surface area contributed by atoms with Crippen molar-refractivity contribution in [2.45, 2.75) is 44.8 Å². The van der Waals surface area contributed by atoms with Gasteiger partial charge in [-0.25, -0.2) is 9.79 Å². The number of carbonyl (C=O) groups excluding carboxylic acids is 1. The van der Waals surface area contributed by atoms with Gasteiger partial charge in [0.15, 0.2) is 5.76 Å². The van der Waals surface area contributed by atoms with Gasteiger partial charge in [0.1, 0.15) is 0 Å². The lowest BCUT2D eigenvalue weighted by Gasteiger charge is -2.32. The molecule has 11 nitrogen and oxygen atoms in total. The summed E-state index contributed by atoms with van der Waals surface area (Å²) in [6, 6.07) is 1.42. The zero-order chi connectivity index (χ0) is 23.1. The van der Waals surface area contributed by atoms with Crippen molar-refractivity contribution in [3.63, 3.8) is 0 Å². The molecule has 4 N–H and O–H groups in total. The van der Waals surface area contributed by atoms with Crippen molar-refractivity contribution >= 4 is 38.9 Å². The summed E-state index contributed by atoms with van der Waals surface area (Å²) in [5, 5.41) is 14.2. The minimum atomic E-state index is -0.765. The number of methoxy groups -OCH3 is 2. The Balaban J connectivity index is 1.80. The number of hydrogen-bond acceptors (Lipinski definition) is 11. The van der Waals surface area contributed by atoms with E-state index in [4.69, 9.17) is 19.6 Å². The van der Waals surface area contributed by atoms with Crippen LogP contribution in [0.25, 0.3) is 0 Å². The highest BCUT2D eigenvalue weighted by molar-refractivity contribution is 7.18. The normalized spacial score (nSPS) is 19.2. The van der Waals surface area contributed by atoms with E-state index in [9.17, 15) is 9.59 Å². The molecule has 0 bridgehead atoms. The summed E-state index contributed by atoms with van der Waals surface area (Å²) in [6.45, 7) is 1.75. The highest BCUT2D eigenvalue weighted by Gasteiger charge is 2.27. The van der Waals surface area contributed by atoms with Gasteiger partial charge in [-0.2, -0.15) is 0 Å². The lowest BCUT2D eigenvalue weighted by atomic mass is 9.92. The number of nitrogens with one attached hydrogen (secondary N) is 2. The van der Waals surface area contributed by atoms with Crippen LogP contribution in [0.3, 0.4) is 0 Å². The van der Waals surface area contributed by atoms with E-state index < -0.39 is 11.5 Å². The van der Waals surface area contributed by atoms with Crippen LogP contribution in [-0.2, 0) is 4.74 Å². The van der Waals surface area contributed by atoms with Crippen LogP contribution in [0.1, 0.15) is 43.2 Å². The molecule has 172 valence electrons. The molecular formula is C20H26N6O5S. The third-order valence-electron chi connectivity index (χ3n) is 4.93. The molecule has 0 unspecified atom stereocenters. The van der Waals surface area contributed by atoms with Crippen molar-refractivity contribution in [2.75, 3.05) is 24.9 Å². The number of rotatable bonds is 8. The molecule has 1 saturated carbocycles. The van der Waals surface area contributed by atoms with Crippen molar-refractivity contribution in [2.24, 2.45) is 10.7 Å². The molecule has 1 aliphatic carbocycles. The number of aromatic nitrogens is 2. The first-order valence-electron chi connectivity index (χ1n) is 10.0. The fraction of sp³-hybridized carbons (Fsp3) is 0.450. The first-order valence-corrected chi connectivity index (χ1v) is 10.9. The summed E-state index contributed by atoms with van der Waals surface area (Å²) in [7, 11) is 3.03. The monoisotopic (exact) mass is 462 g/mol. The Hall–Kier alpha value is -3.25. The van der Waals surface area contributed by atoms with E-state index in [1.54, 1.807) is 20.1 Å². The molecule has 2 aromatic rings. The molecule has 2 aromatic heterocycles. The largest absolute Gasteiger partial charge is 0.488 e. The van der Waals surface area contributed by atoms with E-state index in [-0.39, 0.29) is 28.8 Å². The SMILES string of the molecule is COc1c(N[C@H]2CCCC[C@H]2OC)cc(C(=O)Nc2nnc(N=C(C)C=CN)s2)oc1=O. The molecule has 3 rings (SSSR count). The average Bonchev–Trinajstić information content (AvgIpc) is 3.20. The second-order valence-electron chi connectivity index (χ2n) is 7.11. The molecule has 2 atom stereocenters. The summed E-state index contributed by atoms with van der Waals surface area (Å²) in [5.41, 5.74) is 5.57. The zero-order valence-corrected chi connectivity index (χ0v) is 18.9. The van der Waals surface area contributed by atoms with Crippen molar-refractivity contribution in [3.05, 3.63) is 34.5 Å². The van der Waals surface area contributed by atoms with Crippen LogP contribution in [0.15, 0.2) is 32.5 Å². The van der Waals surface area contributed by atoms with Gasteiger partial charge in [-0.05, 0) is 32.0 Å². The molecule has 1 fully saturated rings. The number of hydrogen-bond donors (Lipinski definition) is 3. The molecule has 0 aliphatic heterocycles. The van der Waals surface area contributed by atoms with E-state index >= 15 is 0 Å². The number of nitrogens with zero attached hydrogens (tertiary/aromatic N) is 3. The summed E-state index contributed by atoms with van der Waals surface area (Å²) in [5.74, 6) is -0.839. The van der Waals surface area contributed by atoms with Crippen LogP contribution in [0.2, 0.25) is 0 Å². The maximum Gasteiger partial charge on any atom is 0.381 e. The Morgan fingerprint density at radius 2 is 2.12 bits per heavy atom. The third-order valence-corrected chi connectivity index (χ3v) is 5.66. The van der Waals surface area contributed by atoms with Gasteiger partial charge in [0.2, 0.25) is 16.0 Å². The minimum Gasteiger partial charge on any atom is -0.488 e. The van der Waals surface area contributed by atoms with Crippen molar-refractivity contribution in [3.8, 4) is 5.75 Å². The smallest absolute Gasteiger partial charge is 0.381 e. The van der Waals surface area contributed by atoms with Crippen molar-refractivity contribution < 1.29 is 18.7 Å². The molecule has 2 heterocycles. The Morgan fingerprint density at radius 3 is 2.84 bits per heavy atom. The van der Waals surface area contributed by atoms with Crippen molar-refractivity contribution in [1.29, 1.82) is 0 Å². The number of amides is 1. The Morgan fingerprint density at radius 1 is 1.34 bits per heavy atom. The fourth-order valence-corrected chi connectivity index (χ4v) is 4.11. The molecule has 0 radical (unpaired) electrons. The molecule has 0 spiro atoms. The van der Waals surface area contributed by atoms with E-state index in [0.717, 1.165) is 37.0 Å². The van der Waals surface area contributed by atoms with E-state index in [2.05, 4.69) is 25.8 Å². The molecule has 0 saturated heterocycles. The first-order chi connectivity index (χ1) is 15.4. The zero-order valence-electron chi connectivity index (χ0n) is 18.1.